The first-order valence-corrected chi connectivity index (χ1v) is 11.0. The van der Waals surface area contributed by atoms with Gasteiger partial charge >= 0.3 is 6.09 Å². The van der Waals surface area contributed by atoms with E-state index in [0.717, 1.165) is 33.9 Å². The number of carbonyl (C=O) groups excluding carboxylic acids is 1. The van der Waals surface area contributed by atoms with Crippen LogP contribution in [0.15, 0.2) is 54.6 Å². The predicted octanol–water partition coefficient (Wildman–Crippen LogP) is 3.86. The van der Waals surface area contributed by atoms with Gasteiger partial charge < -0.3 is 14.5 Å². The van der Waals surface area contributed by atoms with Crippen LogP contribution in [0.1, 0.15) is 31.2 Å². The van der Waals surface area contributed by atoms with Gasteiger partial charge in [0.05, 0.1) is 5.52 Å². The minimum Gasteiger partial charge on any atom is -0.445 e. The molecule has 164 valence electrons. The monoisotopic (exact) mass is 430 g/mol. The molecule has 0 aliphatic carbocycles. The molecule has 1 fully saturated rings. The normalized spacial score (nSPS) is 14.5. The maximum atomic E-state index is 12.5. The van der Waals surface area contributed by atoms with Crippen LogP contribution in [-0.4, -0.2) is 56.8 Å². The molecule has 0 unspecified atom stereocenters. The zero-order chi connectivity index (χ0) is 22.1. The Kier molecular flexibility index (Phi) is 5.34. The van der Waals surface area contributed by atoms with E-state index in [2.05, 4.69) is 33.3 Å². The Hall–Kier alpha value is -3.68. The fourth-order valence-electron chi connectivity index (χ4n) is 4.07. The molecule has 8 heteroatoms. The van der Waals surface area contributed by atoms with Crippen molar-refractivity contribution in [1.29, 1.82) is 0 Å². The number of rotatable bonds is 4. The van der Waals surface area contributed by atoms with E-state index in [0.29, 0.717) is 26.2 Å². The van der Waals surface area contributed by atoms with Gasteiger partial charge in [0, 0.05) is 37.5 Å². The van der Waals surface area contributed by atoms with Crippen LogP contribution in [0.4, 0.5) is 10.7 Å². The van der Waals surface area contributed by atoms with Gasteiger partial charge in [0.15, 0.2) is 5.65 Å². The summed E-state index contributed by atoms with van der Waals surface area (Å²) in [4.78, 5) is 21.5. The largest absolute Gasteiger partial charge is 0.445 e. The second-order valence-corrected chi connectivity index (χ2v) is 8.32. The average molecular weight is 431 g/mol. The first-order chi connectivity index (χ1) is 15.6. The van der Waals surface area contributed by atoms with E-state index in [1.807, 2.05) is 54.6 Å². The minimum absolute atomic E-state index is 0.209. The lowest BCUT2D eigenvalue weighted by Crippen LogP contribution is -2.49. The van der Waals surface area contributed by atoms with Crippen LogP contribution in [0.2, 0.25) is 0 Å². The van der Waals surface area contributed by atoms with Gasteiger partial charge in [-0.05, 0) is 17.7 Å². The topological polar surface area (TPSA) is 75.9 Å². The van der Waals surface area contributed by atoms with Crippen LogP contribution in [0, 0.1) is 0 Å². The van der Waals surface area contributed by atoms with E-state index < -0.39 is 0 Å². The third kappa shape index (κ3) is 3.72. The van der Waals surface area contributed by atoms with Gasteiger partial charge in [-0.25, -0.2) is 14.2 Å². The molecule has 1 amide bonds. The molecule has 5 rings (SSSR count). The summed E-state index contributed by atoms with van der Waals surface area (Å²) in [7, 11) is 0. The Balaban J connectivity index is 1.36. The molecule has 3 heterocycles. The number of aromatic nitrogens is 4. The van der Waals surface area contributed by atoms with Crippen molar-refractivity contribution in [3.8, 4) is 0 Å². The number of amides is 1. The van der Waals surface area contributed by atoms with Crippen molar-refractivity contribution in [3.63, 3.8) is 0 Å². The number of anilines is 1. The van der Waals surface area contributed by atoms with Crippen molar-refractivity contribution in [3.05, 3.63) is 66.0 Å². The number of benzene rings is 2. The summed E-state index contributed by atoms with van der Waals surface area (Å²) >= 11 is 0. The van der Waals surface area contributed by atoms with E-state index >= 15 is 0 Å². The Bertz CT molecular complexity index is 1250. The van der Waals surface area contributed by atoms with Crippen molar-refractivity contribution in [1.82, 2.24) is 24.5 Å². The maximum Gasteiger partial charge on any atom is 0.410 e. The molecule has 1 aliphatic rings. The van der Waals surface area contributed by atoms with Gasteiger partial charge in [-0.15, -0.1) is 10.2 Å². The summed E-state index contributed by atoms with van der Waals surface area (Å²) in [6, 6.07) is 17.7. The fourth-order valence-corrected chi connectivity index (χ4v) is 4.07. The SMILES string of the molecule is CC(C)c1nnc2c3ccccc3nc(N3CCN(C(=O)OCc4ccccc4)CC3)n12. The van der Waals surface area contributed by atoms with Crippen LogP contribution >= 0.6 is 0 Å². The van der Waals surface area contributed by atoms with Crippen LogP contribution in [-0.2, 0) is 11.3 Å². The Morgan fingerprint density at radius 3 is 2.44 bits per heavy atom. The molecule has 0 spiro atoms. The number of ether oxygens (including phenoxy) is 1. The lowest BCUT2D eigenvalue weighted by molar-refractivity contribution is 0.0940. The minimum atomic E-state index is -0.280. The van der Waals surface area contributed by atoms with Crippen LogP contribution in [0.3, 0.4) is 0 Å². The molecule has 32 heavy (non-hydrogen) atoms. The van der Waals surface area contributed by atoms with E-state index in [1.165, 1.54) is 0 Å². The number of hydrogen-bond donors (Lipinski definition) is 0. The third-order valence-electron chi connectivity index (χ3n) is 5.80. The third-order valence-corrected chi connectivity index (χ3v) is 5.80. The smallest absolute Gasteiger partial charge is 0.410 e. The molecule has 0 radical (unpaired) electrons. The number of carbonyl (C=O) groups is 1. The number of nitrogens with zero attached hydrogens (tertiary/aromatic N) is 6. The van der Waals surface area contributed by atoms with Gasteiger partial charge in [0.2, 0.25) is 5.95 Å². The molecular formula is C24H26N6O2. The van der Waals surface area contributed by atoms with Gasteiger partial charge in [-0.1, -0.05) is 56.3 Å². The van der Waals surface area contributed by atoms with Crippen LogP contribution < -0.4 is 4.90 Å². The molecule has 0 N–H and O–H groups in total. The highest BCUT2D eigenvalue weighted by Gasteiger charge is 2.26. The molecule has 8 nitrogen and oxygen atoms in total. The number of fused-ring (bicyclic) bond motifs is 3. The summed E-state index contributed by atoms with van der Waals surface area (Å²) in [5, 5.41) is 9.93. The van der Waals surface area contributed by atoms with Crippen molar-refractivity contribution in [2.75, 3.05) is 31.1 Å². The summed E-state index contributed by atoms with van der Waals surface area (Å²) in [6.07, 6.45) is -0.280. The molecule has 4 aromatic rings. The van der Waals surface area contributed by atoms with Gasteiger partial charge in [-0.3, -0.25) is 0 Å². The molecule has 1 saturated heterocycles. The van der Waals surface area contributed by atoms with Crippen LogP contribution in [0.5, 0.6) is 0 Å². The van der Waals surface area contributed by atoms with E-state index in [-0.39, 0.29) is 18.6 Å². The number of hydrogen-bond acceptors (Lipinski definition) is 6. The summed E-state index contributed by atoms with van der Waals surface area (Å²) in [5.74, 6) is 1.92. The Morgan fingerprint density at radius 1 is 0.969 bits per heavy atom. The fraction of sp³-hybridized carbons (Fsp3) is 0.333. The molecule has 0 saturated carbocycles. The lowest BCUT2D eigenvalue weighted by Gasteiger charge is -2.35. The van der Waals surface area contributed by atoms with Crippen molar-refractivity contribution in [2.45, 2.75) is 26.4 Å². The maximum absolute atomic E-state index is 12.5. The molecular weight excluding hydrogens is 404 g/mol. The lowest BCUT2D eigenvalue weighted by atomic mass is 10.2. The Labute approximate surface area is 186 Å². The molecule has 2 aromatic heterocycles. The highest BCUT2D eigenvalue weighted by molar-refractivity contribution is 5.92. The quantitative estimate of drug-likeness (QED) is 0.489. The number of piperazine rings is 1. The molecule has 0 atom stereocenters. The second kappa shape index (κ2) is 8.45. The number of para-hydroxylation sites is 1. The molecule has 0 bridgehead atoms. The van der Waals surface area contributed by atoms with E-state index in [1.54, 1.807) is 4.90 Å². The summed E-state index contributed by atoms with van der Waals surface area (Å²) < 4.78 is 7.57. The summed E-state index contributed by atoms with van der Waals surface area (Å²) in [5.41, 5.74) is 2.69. The van der Waals surface area contributed by atoms with Gasteiger partial charge in [-0.2, -0.15) is 0 Å². The Morgan fingerprint density at radius 2 is 1.69 bits per heavy atom. The van der Waals surface area contributed by atoms with Crippen molar-refractivity contribution in [2.24, 2.45) is 0 Å². The zero-order valence-electron chi connectivity index (χ0n) is 18.3. The van der Waals surface area contributed by atoms with Gasteiger partial charge in [0.25, 0.3) is 0 Å². The van der Waals surface area contributed by atoms with E-state index in [9.17, 15) is 4.79 Å². The standard InChI is InChI=1S/C24H26N6O2/c1-17(2)21-26-27-22-19-10-6-7-11-20(19)25-23(30(21)22)28-12-14-29(15-13-28)24(31)32-16-18-8-4-3-5-9-18/h3-11,17H,12-16H2,1-2H3. The highest BCUT2D eigenvalue weighted by atomic mass is 16.6. The van der Waals surface area contributed by atoms with Crippen molar-refractivity contribution < 1.29 is 9.53 Å². The zero-order valence-corrected chi connectivity index (χ0v) is 18.3. The van der Waals surface area contributed by atoms with Crippen LogP contribution in [0.25, 0.3) is 16.6 Å². The average Bonchev–Trinajstić information content (AvgIpc) is 3.29. The first kappa shape index (κ1) is 20.2. The summed E-state index contributed by atoms with van der Waals surface area (Å²) in [6.45, 7) is 6.97. The molecule has 2 aromatic carbocycles. The second-order valence-electron chi connectivity index (χ2n) is 8.32. The van der Waals surface area contributed by atoms with Gasteiger partial charge in [0.1, 0.15) is 12.4 Å². The predicted molar refractivity (Wildman–Crippen MR) is 123 cm³/mol. The molecule has 1 aliphatic heterocycles. The first-order valence-electron chi connectivity index (χ1n) is 11.0. The van der Waals surface area contributed by atoms with E-state index in [4.69, 9.17) is 9.72 Å². The highest BCUT2D eigenvalue weighted by Crippen LogP contribution is 2.27. The van der Waals surface area contributed by atoms with Crippen molar-refractivity contribution >= 4 is 28.6 Å².